The number of halogens is 6. The normalized spacial score (nSPS) is 20.4. The summed E-state index contributed by atoms with van der Waals surface area (Å²) in [4.78, 5) is 28.6. The minimum Gasteiger partial charge on any atom is -0.445 e. The van der Waals surface area contributed by atoms with Crippen molar-refractivity contribution in [2.75, 3.05) is 13.2 Å². The fourth-order valence-corrected chi connectivity index (χ4v) is 6.22. The summed E-state index contributed by atoms with van der Waals surface area (Å²) in [6.45, 7) is 5.45. The topological polar surface area (TPSA) is 97.3 Å². The standard InChI is InChI=1S/C37H42F6N2O6/c1-24(26-19-28(36(38,39)40)21-29(20-26)37(41,42)43)50-23-35(27-13-9-6-10-14-27)17-15-30(44-32(47)51-34(2,3)4)31(16-18-46)45(35)33(48)49-22-25-11-7-5-8-12-25/h5-14,19-21,24,30-31,46H,15-18,22-23H2,1-4H3,(H,44,47)/t24-,30+,31-,35-/m1/s1. The van der Waals surface area contributed by atoms with E-state index in [1.54, 1.807) is 81.4 Å². The Kier molecular flexibility index (Phi) is 12.3. The molecular weight excluding hydrogens is 682 g/mol. The molecule has 1 heterocycles. The number of piperidine rings is 1. The van der Waals surface area contributed by atoms with Crippen molar-refractivity contribution < 1.29 is 55.2 Å². The van der Waals surface area contributed by atoms with E-state index in [0.29, 0.717) is 23.3 Å². The van der Waals surface area contributed by atoms with E-state index in [0.717, 1.165) is 0 Å². The van der Waals surface area contributed by atoms with Gasteiger partial charge in [0.1, 0.15) is 12.2 Å². The number of nitrogens with one attached hydrogen (secondary N) is 1. The van der Waals surface area contributed by atoms with Crippen LogP contribution in [0.2, 0.25) is 0 Å². The molecule has 1 aliphatic rings. The SMILES string of the molecule is C[C@@H](OC[C@@]1(c2ccccc2)CC[C@H](NC(=O)OC(C)(C)C)[C@@H](CCO)N1C(=O)OCc1ccccc1)c1cc(C(F)(F)F)cc(C(F)(F)F)c1. The summed E-state index contributed by atoms with van der Waals surface area (Å²) < 4.78 is 99.6. The zero-order valence-electron chi connectivity index (χ0n) is 28.7. The highest BCUT2D eigenvalue weighted by atomic mass is 19.4. The maximum absolute atomic E-state index is 14.3. The smallest absolute Gasteiger partial charge is 0.416 e. The fourth-order valence-electron chi connectivity index (χ4n) is 6.22. The molecule has 3 aromatic rings. The van der Waals surface area contributed by atoms with Crippen molar-refractivity contribution in [3.8, 4) is 0 Å². The number of aliphatic hydroxyl groups excluding tert-OH is 1. The van der Waals surface area contributed by atoms with Crippen LogP contribution in [0.5, 0.6) is 0 Å². The number of carbonyl (C=O) groups is 2. The largest absolute Gasteiger partial charge is 0.445 e. The minimum atomic E-state index is -5.06. The van der Waals surface area contributed by atoms with Crippen LogP contribution in [-0.4, -0.2) is 53.1 Å². The predicted molar refractivity (Wildman–Crippen MR) is 175 cm³/mol. The number of hydrogen-bond donors (Lipinski definition) is 2. The number of alkyl carbamates (subject to hydrolysis) is 1. The van der Waals surface area contributed by atoms with Gasteiger partial charge in [0, 0.05) is 6.61 Å². The van der Waals surface area contributed by atoms with Gasteiger partial charge in [0.15, 0.2) is 0 Å². The van der Waals surface area contributed by atoms with Crippen molar-refractivity contribution in [2.24, 2.45) is 0 Å². The molecule has 3 aromatic carbocycles. The van der Waals surface area contributed by atoms with Gasteiger partial charge in [-0.25, -0.2) is 9.59 Å². The van der Waals surface area contributed by atoms with Crippen molar-refractivity contribution in [1.29, 1.82) is 0 Å². The first-order valence-electron chi connectivity index (χ1n) is 16.4. The number of carbonyl (C=O) groups excluding carboxylic acids is 2. The molecule has 0 unspecified atom stereocenters. The molecule has 2 N–H and O–H groups in total. The molecule has 4 rings (SSSR count). The molecule has 0 bridgehead atoms. The highest BCUT2D eigenvalue weighted by Gasteiger charge is 2.52. The van der Waals surface area contributed by atoms with Crippen LogP contribution in [0.25, 0.3) is 0 Å². The van der Waals surface area contributed by atoms with Gasteiger partial charge in [-0.15, -0.1) is 0 Å². The number of rotatable bonds is 10. The summed E-state index contributed by atoms with van der Waals surface area (Å²) in [5.74, 6) is 0. The van der Waals surface area contributed by atoms with Gasteiger partial charge < -0.3 is 24.6 Å². The van der Waals surface area contributed by atoms with Crippen LogP contribution in [0.4, 0.5) is 35.9 Å². The summed E-state index contributed by atoms with van der Waals surface area (Å²) >= 11 is 0. The summed E-state index contributed by atoms with van der Waals surface area (Å²) in [5.41, 5.74) is -4.38. The fraction of sp³-hybridized carbons (Fsp3) is 0.459. The lowest BCUT2D eigenvalue weighted by Crippen LogP contribution is -2.66. The van der Waals surface area contributed by atoms with E-state index >= 15 is 0 Å². The molecule has 8 nitrogen and oxygen atoms in total. The maximum atomic E-state index is 14.3. The van der Waals surface area contributed by atoms with Crippen molar-refractivity contribution in [3.63, 3.8) is 0 Å². The molecule has 51 heavy (non-hydrogen) atoms. The Bertz CT molecular complexity index is 1580. The molecule has 1 saturated heterocycles. The molecule has 4 atom stereocenters. The number of likely N-dealkylation sites (tertiary alicyclic amines) is 1. The molecule has 0 radical (unpaired) electrons. The van der Waals surface area contributed by atoms with Crippen molar-refractivity contribution in [2.45, 2.75) is 95.2 Å². The van der Waals surface area contributed by atoms with Crippen LogP contribution in [0.1, 0.15) is 80.9 Å². The third kappa shape index (κ3) is 10.2. The van der Waals surface area contributed by atoms with Gasteiger partial charge in [-0.3, -0.25) is 4.90 Å². The van der Waals surface area contributed by atoms with Crippen LogP contribution in [0, 0.1) is 0 Å². The van der Waals surface area contributed by atoms with E-state index in [1.807, 2.05) is 0 Å². The van der Waals surface area contributed by atoms with E-state index in [9.17, 15) is 41.0 Å². The van der Waals surface area contributed by atoms with E-state index < -0.39 is 78.2 Å². The lowest BCUT2D eigenvalue weighted by Gasteiger charge is -2.53. The highest BCUT2D eigenvalue weighted by molar-refractivity contribution is 5.72. The second-order valence-electron chi connectivity index (χ2n) is 13.5. The lowest BCUT2D eigenvalue weighted by molar-refractivity contribution is -0.143. The van der Waals surface area contributed by atoms with Gasteiger partial charge in [0.2, 0.25) is 0 Å². The molecule has 0 saturated carbocycles. The second-order valence-corrected chi connectivity index (χ2v) is 13.5. The first-order valence-corrected chi connectivity index (χ1v) is 16.4. The Morgan fingerprint density at radius 2 is 1.49 bits per heavy atom. The van der Waals surface area contributed by atoms with E-state index in [2.05, 4.69) is 5.32 Å². The Morgan fingerprint density at radius 1 is 0.922 bits per heavy atom. The Morgan fingerprint density at radius 3 is 2.02 bits per heavy atom. The van der Waals surface area contributed by atoms with Crippen LogP contribution >= 0.6 is 0 Å². The third-order valence-electron chi connectivity index (χ3n) is 8.62. The zero-order valence-corrected chi connectivity index (χ0v) is 28.7. The van der Waals surface area contributed by atoms with E-state index in [1.165, 1.54) is 11.8 Å². The third-order valence-corrected chi connectivity index (χ3v) is 8.62. The van der Waals surface area contributed by atoms with Crippen LogP contribution in [-0.2, 0) is 38.7 Å². The predicted octanol–water partition coefficient (Wildman–Crippen LogP) is 8.77. The lowest BCUT2D eigenvalue weighted by atomic mass is 9.76. The molecule has 0 spiro atoms. The summed E-state index contributed by atoms with van der Waals surface area (Å²) in [7, 11) is 0. The number of alkyl halides is 6. The quantitative estimate of drug-likeness (QED) is 0.203. The van der Waals surface area contributed by atoms with Gasteiger partial charge >= 0.3 is 24.5 Å². The van der Waals surface area contributed by atoms with Crippen LogP contribution in [0.15, 0.2) is 78.9 Å². The van der Waals surface area contributed by atoms with Gasteiger partial charge in [0.25, 0.3) is 0 Å². The molecule has 1 aliphatic heterocycles. The van der Waals surface area contributed by atoms with Crippen molar-refractivity contribution in [3.05, 3.63) is 107 Å². The molecule has 0 aliphatic carbocycles. The van der Waals surface area contributed by atoms with E-state index in [-0.39, 0.29) is 37.5 Å². The zero-order chi connectivity index (χ0) is 37.6. The van der Waals surface area contributed by atoms with Crippen LogP contribution in [0.3, 0.4) is 0 Å². The number of hydrogen-bond acceptors (Lipinski definition) is 6. The Balaban J connectivity index is 1.78. The molecular formula is C37H42F6N2O6. The second kappa shape index (κ2) is 15.9. The number of amides is 2. The summed E-state index contributed by atoms with van der Waals surface area (Å²) in [5, 5.41) is 13.0. The number of benzene rings is 3. The first kappa shape index (κ1) is 39.5. The molecule has 2 amide bonds. The summed E-state index contributed by atoms with van der Waals surface area (Å²) in [6, 6.07) is 17.0. The van der Waals surface area contributed by atoms with Gasteiger partial charge in [-0.1, -0.05) is 60.7 Å². The molecule has 14 heteroatoms. The molecule has 278 valence electrons. The number of ether oxygens (including phenoxy) is 3. The van der Waals surface area contributed by atoms with Gasteiger partial charge in [-0.05, 0) is 81.8 Å². The van der Waals surface area contributed by atoms with Gasteiger partial charge in [-0.2, -0.15) is 26.3 Å². The monoisotopic (exact) mass is 724 g/mol. The van der Waals surface area contributed by atoms with Crippen molar-refractivity contribution >= 4 is 12.2 Å². The average molecular weight is 725 g/mol. The highest BCUT2D eigenvalue weighted by Crippen LogP contribution is 2.44. The number of nitrogens with zero attached hydrogens (tertiary/aromatic N) is 1. The average Bonchev–Trinajstić information content (AvgIpc) is 3.06. The Labute approximate surface area is 292 Å². The number of aliphatic hydroxyl groups is 1. The van der Waals surface area contributed by atoms with Gasteiger partial charge in [0.05, 0.1) is 41.5 Å². The van der Waals surface area contributed by atoms with Crippen molar-refractivity contribution in [1.82, 2.24) is 10.2 Å². The maximum Gasteiger partial charge on any atom is 0.416 e. The van der Waals surface area contributed by atoms with E-state index in [4.69, 9.17) is 14.2 Å². The summed E-state index contributed by atoms with van der Waals surface area (Å²) in [6.07, 6.45) is -12.7. The molecule has 1 fully saturated rings. The first-order chi connectivity index (χ1) is 23.8. The Hall–Kier alpha value is -4.30. The van der Waals surface area contributed by atoms with Crippen LogP contribution < -0.4 is 5.32 Å². The minimum absolute atomic E-state index is 0.0341. The molecule has 0 aromatic heterocycles.